The van der Waals surface area contributed by atoms with E-state index in [0.717, 1.165) is 10.5 Å². The Kier molecular flexibility index (Phi) is 5.94. The predicted octanol–water partition coefficient (Wildman–Crippen LogP) is 2.37. The van der Waals surface area contributed by atoms with E-state index in [1.807, 2.05) is 30.5 Å². The largest absolute Gasteiger partial charge is 0.396 e. The molecule has 0 bridgehead atoms. The molecule has 1 aromatic rings. The van der Waals surface area contributed by atoms with Gasteiger partial charge >= 0.3 is 0 Å². The van der Waals surface area contributed by atoms with Crippen LogP contribution in [0, 0.1) is 11.3 Å². The van der Waals surface area contributed by atoms with Crippen LogP contribution in [0.2, 0.25) is 0 Å². The lowest BCUT2D eigenvalue weighted by atomic mass is 10.1. The van der Waals surface area contributed by atoms with Crippen molar-refractivity contribution in [1.29, 1.82) is 5.26 Å². The fraction of sp³-hybridized carbons (Fsp3) is 0.417. The molecule has 0 aromatic heterocycles. The fourth-order valence-electron chi connectivity index (χ4n) is 1.25. The fourth-order valence-corrected chi connectivity index (χ4v) is 1.66. The number of aliphatic hydroxyl groups excluding tert-OH is 1. The highest BCUT2D eigenvalue weighted by Crippen LogP contribution is 2.21. The summed E-state index contributed by atoms with van der Waals surface area (Å²) in [6.45, 7) is 0.489. The molecule has 1 aromatic carbocycles. The lowest BCUT2D eigenvalue weighted by Crippen LogP contribution is -2.04. The second kappa shape index (κ2) is 7.29. The van der Waals surface area contributed by atoms with Crippen molar-refractivity contribution >= 4 is 11.8 Å². The summed E-state index contributed by atoms with van der Waals surface area (Å²) in [7, 11) is 0. The van der Waals surface area contributed by atoms with Gasteiger partial charge in [0, 0.05) is 11.5 Å². The van der Waals surface area contributed by atoms with Gasteiger partial charge in [-0.25, -0.2) is 0 Å². The third-order valence-electron chi connectivity index (χ3n) is 2.12. The van der Waals surface area contributed by atoms with Crippen molar-refractivity contribution in [3.8, 4) is 6.07 Å². The minimum Gasteiger partial charge on any atom is -0.396 e. The van der Waals surface area contributed by atoms with E-state index in [9.17, 15) is 0 Å². The number of hydrogen-bond donors (Lipinski definition) is 1. The predicted molar refractivity (Wildman–Crippen MR) is 64.2 cm³/mol. The monoisotopic (exact) mass is 237 g/mol. The van der Waals surface area contributed by atoms with Crippen LogP contribution in [0.4, 0.5) is 0 Å². The molecule has 1 unspecified atom stereocenters. The van der Waals surface area contributed by atoms with Crippen molar-refractivity contribution in [2.24, 2.45) is 0 Å². The molecule has 0 aliphatic carbocycles. The lowest BCUT2D eigenvalue weighted by Gasteiger charge is -2.10. The summed E-state index contributed by atoms with van der Waals surface area (Å²) in [5.74, 6) is 0. The van der Waals surface area contributed by atoms with Gasteiger partial charge in [-0.15, -0.1) is 11.8 Å². The normalized spacial score (nSPS) is 12.1. The number of hydrogen-bond acceptors (Lipinski definition) is 4. The molecule has 1 atom stereocenters. The molecule has 4 heteroatoms. The Morgan fingerprint density at radius 3 is 2.62 bits per heavy atom. The topological polar surface area (TPSA) is 53.2 Å². The zero-order valence-electron chi connectivity index (χ0n) is 9.22. The highest BCUT2D eigenvalue weighted by atomic mass is 32.2. The number of aliphatic hydroxyl groups is 1. The molecule has 0 aliphatic heterocycles. The zero-order chi connectivity index (χ0) is 11.8. The first-order valence-corrected chi connectivity index (χ1v) is 6.30. The van der Waals surface area contributed by atoms with Gasteiger partial charge < -0.3 is 9.84 Å². The molecular weight excluding hydrogens is 222 g/mol. The van der Waals surface area contributed by atoms with E-state index in [1.54, 1.807) is 11.8 Å². The summed E-state index contributed by atoms with van der Waals surface area (Å²) in [5.41, 5.74) is 0.859. The van der Waals surface area contributed by atoms with Crippen LogP contribution in [-0.4, -0.2) is 24.6 Å². The minimum absolute atomic E-state index is 0.0869. The summed E-state index contributed by atoms with van der Waals surface area (Å²) in [6.07, 6.45) is 2.03. The first-order chi connectivity index (χ1) is 7.81. The number of ether oxygens (including phenoxy) is 1. The Balaban J connectivity index is 2.61. The molecule has 0 heterocycles. The average Bonchev–Trinajstić information content (AvgIpc) is 2.35. The van der Waals surface area contributed by atoms with Crippen molar-refractivity contribution in [3.63, 3.8) is 0 Å². The Labute approximate surface area is 100 Å². The van der Waals surface area contributed by atoms with E-state index in [1.165, 1.54) is 0 Å². The molecular formula is C12H15NO2S. The molecule has 0 fully saturated rings. The van der Waals surface area contributed by atoms with Gasteiger partial charge in [-0.05, 0) is 30.4 Å². The summed E-state index contributed by atoms with van der Waals surface area (Å²) in [4.78, 5) is 1.16. The van der Waals surface area contributed by atoms with Gasteiger partial charge in [-0.2, -0.15) is 5.26 Å². The van der Waals surface area contributed by atoms with E-state index >= 15 is 0 Å². The minimum atomic E-state index is -0.539. The number of nitriles is 1. The summed E-state index contributed by atoms with van der Waals surface area (Å²) in [5, 5.41) is 17.6. The van der Waals surface area contributed by atoms with Gasteiger partial charge in [0.05, 0.1) is 12.7 Å². The van der Waals surface area contributed by atoms with Crippen LogP contribution in [-0.2, 0) is 4.74 Å². The van der Waals surface area contributed by atoms with Crippen molar-refractivity contribution in [1.82, 2.24) is 0 Å². The summed E-state index contributed by atoms with van der Waals surface area (Å²) < 4.78 is 5.36. The van der Waals surface area contributed by atoms with E-state index < -0.39 is 6.10 Å². The maximum absolute atomic E-state index is 8.96. The third kappa shape index (κ3) is 3.86. The molecule has 0 saturated carbocycles. The van der Waals surface area contributed by atoms with Crippen LogP contribution < -0.4 is 0 Å². The molecule has 0 spiro atoms. The number of rotatable bonds is 6. The Morgan fingerprint density at radius 2 is 2.12 bits per heavy atom. The van der Waals surface area contributed by atoms with Crippen LogP contribution >= 0.6 is 11.8 Å². The lowest BCUT2D eigenvalue weighted by molar-refractivity contribution is 0.0773. The first-order valence-electron chi connectivity index (χ1n) is 5.08. The molecule has 0 amide bonds. The second-order valence-corrected chi connectivity index (χ2v) is 4.11. The van der Waals surface area contributed by atoms with Gasteiger partial charge in [0.25, 0.3) is 0 Å². The molecule has 86 valence electrons. The van der Waals surface area contributed by atoms with Crippen molar-refractivity contribution in [2.75, 3.05) is 19.5 Å². The van der Waals surface area contributed by atoms with Gasteiger partial charge in [0.2, 0.25) is 0 Å². The molecule has 3 nitrogen and oxygen atoms in total. The van der Waals surface area contributed by atoms with Crippen LogP contribution in [0.25, 0.3) is 0 Å². The van der Waals surface area contributed by atoms with Crippen LogP contribution in [0.5, 0.6) is 0 Å². The van der Waals surface area contributed by atoms with E-state index in [-0.39, 0.29) is 6.61 Å². The molecule has 0 aliphatic rings. The molecule has 16 heavy (non-hydrogen) atoms. The van der Waals surface area contributed by atoms with Crippen LogP contribution in [0.3, 0.4) is 0 Å². The maximum Gasteiger partial charge on any atom is 0.169 e. The van der Waals surface area contributed by atoms with Crippen molar-refractivity contribution in [3.05, 3.63) is 29.8 Å². The molecule has 0 saturated heterocycles. The Hall–Kier alpha value is -1.02. The van der Waals surface area contributed by atoms with Crippen LogP contribution in [0.1, 0.15) is 18.1 Å². The van der Waals surface area contributed by atoms with E-state index in [4.69, 9.17) is 15.1 Å². The average molecular weight is 237 g/mol. The zero-order valence-corrected chi connectivity index (χ0v) is 10.0. The summed E-state index contributed by atoms with van der Waals surface area (Å²) in [6, 6.07) is 9.85. The summed E-state index contributed by atoms with van der Waals surface area (Å²) >= 11 is 1.66. The SMILES string of the molecule is CSc1ccc(C(C#N)OCCCO)cc1. The van der Waals surface area contributed by atoms with Gasteiger partial charge in [-0.1, -0.05) is 12.1 Å². The molecule has 0 radical (unpaired) electrons. The van der Waals surface area contributed by atoms with Gasteiger partial charge in [0.15, 0.2) is 6.10 Å². The van der Waals surface area contributed by atoms with E-state index in [0.29, 0.717) is 13.0 Å². The smallest absolute Gasteiger partial charge is 0.169 e. The first kappa shape index (κ1) is 13.0. The molecule has 1 N–H and O–H groups in total. The van der Waals surface area contributed by atoms with E-state index in [2.05, 4.69) is 6.07 Å². The third-order valence-corrected chi connectivity index (χ3v) is 2.87. The molecule has 1 rings (SSSR count). The quantitative estimate of drug-likeness (QED) is 0.609. The van der Waals surface area contributed by atoms with Gasteiger partial charge in [-0.3, -0.25) is 0 Å². The highest BCUT2D eigenvalue weighted by molar-refractivity contribution is 7.98. The Morgan fingerprint density at radius 1 is 1.44 bits per heavy atom. The van der Waals surface area contributed by atoms with Crippen LogP contribution in [0.15, 0.2) is 29.2 Å². The highest BCUT2D eigenvalue weighted by Gasteiger charge is 2.10. The van der Waals surface area contributed by atoms with Gasteiger partial charge in [0.1, 0.15) is 0 Å². The maximum atomic E-state index is 8.96. The number of benzene rings is 1. The number of thioether (sulfide) groups is 1. The standard InChI is InChI=1S/C12H15NO2S/c1-16-11-5-3-10(4-6-11)12(9-13)15-8-2-7-14/h3-6,12,14H,2,7-8H2,1H3. The number of nitrogens with zero attached hydrogens (tertiary/aromatic N) is 1. The Bertz CT molecular complexity index is 345. The van der Waals surface area contributed by atoms with Crippen molar-refractivity contribution in [2.45, 2.75) is 17.4 Å². The second-order valence-electron chi connectivity index (χ2n) is 3.23. The van der Waals surface area contributed by atoms with Crippen molar-refractivity contribution < 1.29 is 9.84 Å².